The van der Waals surface area contributed by atoms with E-state index in [-0.39, 0.29) is 18.9 Å². The maximum atomic E-state index is 12.6. The van der Waals surface area contributed by atoms with Crippen molar-refractivity contribution >= 4 is 5.91 Å². The second-order valence-corrected chi connectivity index (χ2v) is 5.51. The molecule has 0 aliphatic rings. The third-order valence-electron chi connectivity index (χ3n) is 3.67. The highest BCUT2D eigenvalue weighted by molar-refractivity contribution is 5.75. The van der Waals surface area contributed by atoms with Crippen LogP contribution in [0.1, 0.15) is 36.0 Å². The lowest BCUT2D eigenvalue weighted by Crippen LogP contribution is -2.24. The normalized spacial score (nSPS) is 11.8. The van der Waals surface area contributed by atoms with Crippen molar-refractivity contribution in [3.05, 3.63) is 34.9 Å². The predicted molar refractivity (Wildman–Crippen MR) is 81.1 cm³/mol. The van der Waals surface area contributed by atoms with Gasteiger partial charge < -0.3 is 5.32 Å². The third-order valence-corrected chi connectivity index (χ3v) is 3.67. The third kappa shape index (κ3) is 4.36. The first-order chi connectivity index (χ1) is 11.2. The Kier molecular flexibility index (Phi) is 5.30. The summed E-state index contributed by atoms with van der Waals surface area (Å²) in [6.07, 6.45) is -2.56. The van der Waals surface area contributed by atoms with Crippen LogP contribution >= 0.6 is 0 Å². The molecule has 1 amide bonds. The highest BCUT2D eigenvalue weighted by Crippen LogP contribution is 2.28. The Morgan fingerprint density at radius 3 is 2.54 bits per heavy atom. The van der Waals surface area contributed by atoms with Crippen LogP contribution in [0.2, 0.25) is 0 Å². The number of hydrogen-bond donors (Lipinski definition) is 1. The lowest BCUT2D eigenvalue weighted by molar-refractivity contribution is -0.141. The second kappa shape index (κ2) is 7.06. The van der Waals surface area contributed by atoms with Gasteiger partial charge in [0.2, 0.25) is 5.91 Å². The first-order valence-electron chi connectivity index (χ1n) is 7.62. The van der Waals surface area contributed by atoms with Gasteiger partial charge in [-0.05, 0) is 26.8 Å². The van der Waals surface area contributed by atoms with Crippen LogP contribution in [0.3, 0.4) is 0 Å². The van der Waals surface area contributed by atoms with Gasteiger partial charge in [-0.25, -0.2) is 0 Å². The molecule has 2 rings (SSSR count). The molecule has 2 aromatic rings. The van der Waals surface area contributed by atoms with Gasteiger partial charge in [-0.15, -0.1) is 0 Å². The van der Waals surface area contributed by atoms with E-state index in [1.54, 1.807) is 4.68 Å². The number of carbonyl (C=O) groups is 1. The number of hydrogen-bond acceptors (Lipinski definition) is 3. The number of rotatable bonds is 6. The summed E-state index contributed by atoms with van der Waals surface area (Å²) in [5, 5.41) is 10.5. The SMILES string of the molecule is CCn1cc(CNC(=O)CCn2nc(C(F)(F)F)cc2C)c(C)n1. The smallest absolute Gasteiger partial charge is 0.352 e. The van der Waals surface area contributed by atoms with E-state index in [9.17, 15) is 18.0 Å². The molecule has 0 fully saturated rings. The average Bonchev–Trinajstić information content (AvgIpc) is 3.05. The van der Waals surface area contributed by atoms with Crippen LogP contribution in [-0.4, -0.2) is 25.5 Å². The minimum absolute atomic E-state index is 0.0563. The summed E-state index contributed by atoms with van der Waals surface area (Å²) in [5.74, 6) is -0.248. The van der Waals surface area contributed by atoms with E-state index in [1.165, 1.54) is 11.6 Å². The monoisotopic (exact) mass is 343 g/mol. The zero-order chi connectivity index (χ0) is 17.9. The molecule has 0 saturated carbocycles. The summed E-state index contributed by atoms with van der Waals surface area (Å²) in [6.45, 7) is 6.55. The van der Waals surface area contributed by atoms with E-state index < -0.39 is 11.9 Å². The van der Waals surface area contributed by atoms with E-state index in [4.69, 9.17) is 0 Å². The Morgan fingerprint density at radius 1 is 1.29 bits per heavy atom. The Morgan fingerprint density at radius 2 is 2.00 bits per heavy atom. The first-order valence-corrected chi connectivity index (χ1v) is 7.62. The van der Waals surface area contributed by atoms with Crippen LogP contribution in [0.4, 0.5) is 13.2 Å². The standard InChI is InChI=1S/C15H20F3N5O/c1-4-22-9-12(11(3)20-22)8-19-14(24)5-6-23-10(2)7-13(21-23)15(16,17)18/h7,9H,4-6,8H2,1-3H3,(H,19,24). The van der Waals surface area contributed by atoms with Crippen molar-refractivity contribution in [2.24, 2.45) is 0 Å². The first kappa shape index (κ1) is 18.0. The summed E-state index contributed by atoms with van der Waals surface area (Å²) >= 11 is 0. The molecule has 0 aromatic carbocycles. The number of halogens is 3. The van der Waals surface area contributed by atoms with E-state index in [2.05, 4.69) is 15.5 Å². The summed E-state index contributed by atoms with van der Waals surface area (Å²) in [4.78, 5) is 11.9. The van der Waals surface area contributed by atoms with E-state index in [0.29, 0.717) is 12.2 Å². The zero-order valence-corrected chi connectivity index (χ0v) is 13.8. The van der Waals surface area contributed by atoms with Crippen LogP contribution in [-0.2, 0) is 30.6 Å². The van der Waals surface area contributed by atoms with Gasteiger partial charge in [-0.3, -0.25) is 14.2 Å². The fourth-order valence-corrected chi connectivity index (χ4v) is 2.26. The minimum atomic E-state index is -4.48. The molecule has 2 heterocycles. The quantitative estimate of drug-likeness (QED) is 0.876. The molecule has 0 aliphatic heterocycles. The molecule has 0 saturated heterocycles. The number of aromatic nitrogens is 4. The van der Waals surface area contributed by atoms with Gasteiger partial charge in [0.15, 0.2) is 5.69 Å². The van der Waals surface area contributed by atoms with Crippen molar-refractivity contribution in [3.8, 4) is 0 Å². The number of alkyl halides is 3. The predicted octanol–water partition coefficient (Wildman–Crippen LogP) is 2.44. The van der Waals surface area contributed by atoms with Gasteiger partial charge in [-0.1, -0.05) is 0 Å². The lowest BCUT2D eigenvalue weighted by Gasteiger charge is -2.06. The van der Waals surface area contributed by atoms with Crippen molar-refractivity contribution in [1.82, 2.24) is 24.9 Å². The van der Waals surface area contributed by atoms with Gasteiger partial charge in [-0.2, -0.15) is 23.4 Å². The molecule has 6 nitrogen and oxygen atoms in total. The van der Waals surface area contributed by atoms with E-state index in [0.717, 1.165) is 23.9 Å². The fourth-order valence-electron chi connectivity index (χ4n) is 2.26. The fraction of sp³-hybridized carbons (Fsp3) is 0.533. The zero-order valence-electron chi connectivity index (χ0n) is 13.8. The molecule has 1 N–H and O–H groups in total. The second-order valence-electron chi connectivity index (χ2n) is 5.51. The molecule has 0 unspecified atom stereocenters. The maximum Gasteiger partial charge on any atom is 0.435 e. The molecular weight excluding hydrogens is 323 g/mol. The maximum absolute atomic E-state index is 12.6. The highest BCUT2D eigenvalue weighted by atomic mass is 19.4. The Bertz CT molecular complexity index is 717. The molecule has 9 heteroatoms. The summed E-state index contributed by atoms with van der Waals surface area (Å²) in [5.41, 5.74) is 1.19. The van der Waals surface area contributed by atoms with Gasteiger partial charge >= 0.3 is 6.18 Å². The van der Waals surface area contributed by atoms with Crippen LogP contribution in [0.5, 0.6) is 0 Å². The van der Waals surface area contributed by atoms with E-state index in [1.807, 2.05) is 20.0 Å². The van der Waals surface area contributed by atoms with Crippen LogP contribution in [0.15, 0.2) is 12.3 Å². The van der Waals surface area contributed by atoms with Crippen molar-refractivity contribution in [3.63, 3.8) is 0 Å². The number of aryl methyl sites for hydroxylation is 4. The average molecular weight is 343 g/mol. The topological polar surface area (TPSA) is 64.7 Å². The Hall–Kier alpha value is -2.32. The largest absolute Gasteiger partial charge is 0.435 e. The minimum Gasteiger partial charge on any atom is -0.352 e. The molecule has 0 atom stereocenters. The number of carbonyl (C=O) groups excluding carboxylic acids is 1. The summed E-state index contributed by atoms with van der Waals surface area (Å²) < 4.78 is 40.8. The lowest BCUT2D eigenvalue weighted by atomic mass is 10.2. The Labute approximate surface area is 137 Å². The van der Waals surface area contributed by atoms with Crippen molar-refractivity contribution in [2.75, 3.05) is 0 Å². The molecule has 0 radical (unpaired) electrons. The molecule has 24 heavy (non-hydrogen) atoms. The molecule has 0 aliphatic carbocycles. The summed E-state index contributed by atoms with van der Waals surface area (Å²) in [7, 11) is 0. The molecule has 0 bridgehead atoms. The van der Waals surface area contributed by atoms with Gasteiger partial charge in [0, 0.05) is 43.5 Å². The van der Waals surface area contributed by atoms with Crippen LogP contribution in [0, 0.1) is 13.8 Å². The van der Waals surface area contributed by atoms with Crippen LogP contribution < -0.4 is 5.32 Å². The Balaban J connectivity index is 1.87. The number of amides is 1. The van der Waals surface area contributed by atoms with Crippen molar-refractivity contribution in [2.45, 2.75) is 53.0 Å². The van der Waals surface area contributed by atoms with Gasteiger partial charge in [0.05, 0.1) is 5.69 Å². The molecule has 2 aromatic heterocycles. The van der Waals surface area contributed by atoms with Crippen molar-refractivity contribution in [1.29, 1.82) is 0 Å². The number of nitrogens with one attached hydrogen (secondary N) is 1. The summed E-state index contributed by atoms with van der Waals surface area (Å²) in [6, 6.07) is 0.973. The van der Waals surface area contributed by atoms with Crippen molar-refractivity contribution < 1.29 is 18.0 Å². The van der Waals surface area contributed by atoms with Crippen LogP contribution in [0.25, 0.3) is 0 Å². The van der Waals surface area contributed by atoms with Gasteiger partial charge in [0.1, 0.15) is 0 Å². The number of nitrogens with zero attached hydrogens (tertiary/aromatic N) is 4. The van der Waals surface area contributed by atoms with E-state index >= 15 is 0 Å². The van der Waals surface area contributed by atoms with Gasteiger partial charge in [0.25, 0.3) is 0 Å². The molecule has 132 valence electrons. The highest BCUT2D eigenvalue weighted by Gasteiger charge is 2.34. The molecular formula is C15H20F3N5O. The molecule has 0 spiro atoms.